The number of nitrogens with one attached hydrogen (secondary N) is 3. The molecule has 0 aromatic heterocycles. The quantitative estimate of drug-likeness (QED) is 0.188. The van der Waals surface area contributed by atoms with Gasteiger partial charge in [-0.3, -0.25) is 33.8 Å². The number of hydrazine groups is 3. The second-order valence-corrected chi connectivity index (χ2v) is 3.55. The minimum atomic E-state index is 0.865. The van der Waals surface area contributed by atoms with E-state index in [1.165, 1.54) is 32.1 Å². The van der Waals surface area contributed by atoms with Crippen molar-refractivity contribution >= 4 is 0 Å². The Kier molecular flexibility index (Phi) is 61.5. The summed E-state index contributed by atoms with van der Waals surface area (Å²) in [7, 11) is 1.65. The standard InChI is InChI=1S/C7H17N.C4H12N2.CH6N2.H4N2/c1-2-3-4-5-6-7-8;1-3-5-6-4-2;1-3-2;1-2/h2-8H2,1H3;5-6H,3-4H2,1-2H3;3H,2H2,1H3;1-2H2. The molecule has 0 aliphatic carbocycles. The van der Waals surface area contributed by atoms with Crippen molar-refractivity contribution in [2.75, 3.05) is 26.7 Å². The third-order valence-corrected chi connectivity index (χ3v) is 1.79. The molecular weight excluding hydrogens is 242 g/mol. The molecule has 0 aliphatic heterocycles. The summed E-state index contributed by atoms with van der Waals surface area (Å²) in [6.07, 6.45) is 6.60. The van der Waals surface area contributed by atoms with Crippen LogP contribution in [0, 0.1) is 0 Å². The summed E-state index contributed by atoms with van der Waals surface area (Å²) in [4.78, 5) is 0. The number of unbranched alkanes of at least 4 members (excludes halogenated alkanes) is 4. The maximum Gasteiger partial charge on any atom is 0.00713 e. The summed E-state index contributed by atoms with van der Waals surface area (Å²) < 4.78 is 0. The molecule has 0 heterocycles. The fourth-order valence-corrected chi connectivity index (χ4v) is 0.998. The first kappa shape index (κ1) is 27.1. The lowest BCUT2D eigenvalue weighted by Crippen LogP contribution is -2.30. The molecule has 0 saturated heterocycles. The van der Waals surface area contributed by atoms with E-state index in [0.29, 0.717) is 0 Å². The Morgan fingerprint density at radius 2 is 1.16 bits per heavy atom. The molecule has 0 rings (SSSR count). The van der Waals surface area contributed by atoms with Crippen molar-refractivity contribution in [3.8, 4) is 0 Å². The van der Waals surface area contributed by atoms with Crippen molar-refractivity contribution in [3.05, 3.63) is 0 Å². The molecule has 0 amide bonds. The minimum absolute atomic E-state index is 0.865. The molecule has 0 radical (unpaired) electrons. The van der Waals surface area contributed by atoms with Crippen molar-refractivity contribution in [1.29, 1.82) is 0 Å². The van der Waals surface area contributed by atoms with E-state index in [4.69, 9.17) is 5.73 Å². The highest BCUT2D eigenvalue weighted by Gasteiger charge is 1.83. The molecule has 11 N–H and O–H groups in total. The normalized spacial score (nSPS) is 8.21. The van der Waals surface area contributed by atoms with Gasteiger partial charge in [0.25, 0.3) is 0 Å². The predicted molar refractivity (Wildman–Crippen MR) is 86.8 cm³/mol. The summed E-state index contributed by atoms with van der Waals surface area (Å²) in [5.41, 5.74) is 13.5. The Balaban J connectivity index is -0.0000000904. The Hall–Kier alpha value is -0.280. The maximum absolute atomic E-state index is 5.31. The molecule has 0 atom stereocenters. The van der Waals surface area contributed by atoms with Gasteiger partial charge < -0.3 is 5.73 Å². The van der Waals surface area contributed by atoms with Crippen molar-refractivity contribution in [2.45, 2.75) is 52.9 Å². The molecule has 0 unspecified atom stereocenters. The largest absolute Gasteiger partial charge is 0.330 e. The lowest BCUT2D eigenvalue weighted by Gasteiger charge is -1.95. The zero-order valence-electron chi connectivity index (χ0n) is 13.5. The molecule has 0 fully saturated rings. The second-order valence-electron chi connectivity index (χ2n) is 3.55. The average Bonchev–Trinajstić information content (AvgIpc) is 2.45. The van der Waals surface area contributed by atoms with Crippen LogP contribution in [0.25, 0.3) is 0 Å². The van der Waals surface area contributed by atoms with Gasteiger partial charge in [0, 0.05) is 13.1 Å². The highest BCUT2D eigenvalue weighted by atomic mass is 15.3. The molecule has 122 valence electrons. The number of hydrogen-bond acceptors (Lipinski definition) is 7. The van der Waals surface area contributed by atoms with Crippen LogP contribution in [0.1, 0.15) is 52.9 Å². The van der Waals surface area contributed by atoms with Gasteiger partial charge in [-0.2, -0.15) is 0 Å². The van der Waals surface area contributed by atoms with E-state index in [0.717, 1.165) is 19.6 Å². The van der Waals surface area contributed by atoms with Gasteiger partial charge in [0.2, 0.25) is 0 Å². The van der Waals surface area contributed by atoms with Crippen LogP contribution in [-0.2, 0) is 0 Å². The van der Waals surface area contributed by atoms with Crippen molar-refractivity contribution in [1.82, 2.24) is 16.3 Å². The van der Waals surface area contributed by atoms with Gasteiger partial charge in [0.15, 0.2) is 0 Å². The Bertz CT molecular complexity index is 84.1. The number of rotatable bonds is 8. The Morgan fingerprint density at radius 1 is 0.789 bits per heavy atom. The summed E-state index contributed by atoms with van der Waals surface area (Å²) in [5.74, 6) is 12.6. The molecule has 7 nitrogen and oxygen atoms in total. The Morgan fingerprint density at radius 3 is 1.42 bits per heavy atom. The van der Waals surface area contributed by atoms with Crippen LogP contribution in [0.15, 0.2) is 0 Å². The first-order valence-electron chi connectivity index (χ1n) is 7.11. The van der Waals surface area contributed by atoms with E-state index in [1.807, 2.05) is 0 Å². The predicted octanol–water partition coefficient (Wildman–Crippen LogP) is -0.0658. The van der Waals surface area contributed by atoms with Crippen LogP contribution < -0.4 is 39.5 Å². The van der Waals surface area contributed by atoms with E-state index in [-0.39, 0.29) is 0 Å². The van der Waals surface area contributed by atoms with Gasteiger partial charge >= 0.3 is 0 Å². The number of nitrogens with two attached hydrogens (primary N) is 4. The fraction of sp³-hybridized carbons (Fsp3) is 1.00. The van der Waals surface area contributed by atoms with Gasteiger partial charge in [-0.05, 0) is 20.0 Å². The molecule has 7 heteroatoms. The Labute approximate surface area is 120 Å². The second kappa shape index (κ2) is 43.1. The third kappa shape index (κ3) is 73.5. The first-order valence-corrected chi connectivity index (χ1v) is 7.11. The van der Waals surface area contributed by atoms with E-state index >= 15 is 0 Å². The molecule has 0 spiro atoms. The summed E-state index contributed by atoms with van der Waals surface area (Å²) >= 11 is 0. The average molecular weight is 281 g/mol. The van der Waals surface area contributed by atoms with Gasteiger partial charge in [-0.1, -0.05) is 46.5 Å². The molecular formula is C12H39N7. The topological polar surface area (TPSA) is 140 Å². The van der Waals surface area contributed by atoms with Crippen LogP contribution in [0.5, 0.6) is 0 Å². The van der Waals surface area contributed by atoms with Crippen LogP contribution >= 0.6 is 0 Å². The fourth-order valence-electron chi connectivity index (χ4n) is 0.998. The van der Waals surface area contributed by atoms with Crippen LogP contribution in [0.3, 0.4) is 0 Å². The highest BCUT2D eigenvalue weighted by molar-refractivity contribution is 4.41. The smallest absolute Gasteiger partial charge is 0.00713 e. The summed E-state index contributed by atoms with van der Waals surface area (Å²) in [6.45, 7) is 9.19. The monoisotopic (exact) mass is 281 g/mol. The van der Waals surface area contributed by atoms with Crippen molar-refractivity contribution in [3.63, 3.8) is 0 Å². The van der Waals surface area contributed by atoms with Crippen molar-refractivity contribution < 1.29 is 0 Å². The van der Waals surface area contributed by atoms with E-state index in [2.05, 4.69) is 54.6 Å². The maximum atomic E-state index is 5.31. The lowest BCUT2D eigenvalue weighted by molar-refractivity contribution is 0.573. The molecule has 0 saturated carbocycles. The van der Waals surface area contributed by atoms with Gasteiger partial charge in [0.1, 0.15) is 0 Å². The molecule has 0 aliphatic rings. The van der Waals surface area contributed by atoms with Crippen LogP contribution in [0.4, 0.5) is 0 Å². The highest BCUT2D eigenvalue weighted by Crippen LogP contribution is 2.00. The third-order valence-electron chi connectivity index (χ3n) is 1.79. The van der Waals surface area contributed by atoms with Gasteiger partial charge in [0.05, 0.1) is 0 Å². The van der Waals surface area contributed by atoms with Crippen molar-refractivity contribution in [2.24, 2.45) is 23.3 Å². The molecule has 0 bridgehead atoms. The van der Waals surface area contributed by atoms with Gasteiger partial charge in [-0.25, -0.2) is 0 Å². The van der Waals surface area contributed by atoms with E-state index < -0.39 is 0 Å². The summed E-state index contributed by atoms with van der Waals surface area (Å²) in [5, 5.41) is 0. The lowest BCUT2D eigenvalue weighted by atomic mass is 10.2. The zero-order chi connectivity index (χ0) is 15.8. The van der Waals surface area contributed by atoms with Crippen LogP contribution in [0.2, 0.25) is 0 Å². The van der Waals surface area contributed by atoms with E-state index in [9.17, 15) is 0 Å². The zero-order valence-corrected chi connectivity index (χ0v) is 13.5. The molecule has 19 heavy (non-hydrogen) atoms. The van der Waals surface area contributed by atoms with Gasteiger partial charge in [-0.15, -0.1) is 0 Å². The van der Waals surface area contributed by atoms with Crippen LogP contribution in [-0.4, -0.2) is 26.7 Å². The summed E-state index contributed by atoms with van der Waals surface area (Å²) in [6, 6.07) is 0. The SMILES string of the molecule is CCCCCCCN.CCNNCC.CNN.NN. The molecule has 0 aromatic carbocycles. The first-order chi connectivity index (χ1) is 9.24. The minimum Gasteiger partial charge on any atom is -0.330 e. The van der Waals surface area contributed by atoms with E-state index in [1.54, 1.807) is 7.05 Å². The molecule has 0 aromatic rings. The number of hydrogen-bond donors (Lipinski definition) is 7.